The number of nitrogens with one attached hydrogen (secondary N) is 2. The van der Waals surface area contributed by atoms with Crippen molar-refractivity contribution in [3.05, 3.63) is 16.1 Å². The molecule has 0 aliphatic carbocycles. The molecule has 1 atom stereocenters. The van der Waals surface area contributed by atoms with Crippen LogP contribution in [0, 0.1) is 6.92 Å². The minimum atomic E-state index is -0.0267. The minimum absolute atomic E-state index is 0.0267. The highest BCUT2D eigenvalue weighted by molar-refractivity contribution is 7.11. The lowest BCUT2D eigenvalue weighted by molar-refractivity contribution is -0.124. The molecule has 4 nitrogen and oxygen atoms in total. The molecule has 1 aliphatic heterocycles. The lowest BCUT2D eigenvalue weighted by atomic mass is 10.1. The van der Waals surface area contributed by atoms with Crippen LogP contribution in [0.3, 0.4) is 0 Å². The molecular formula is C10H15N3OS. The highest BCUT2D eigenvalue weighted by atomic mass is 32.1. The Balaban J connectivity index is 1.84. The predicted octanol–water partition coefficient (Wildman–Crippen LogP) is 0.820. The molecule has 2 N–H and O–H groups in total. The summed E-state index contributed by atoms with van der Waals surface area (Å²) in [6, 6.07) is -0.0267. The highest BCUT2D eigenvalue weighted by Crippen LogP contribution is 2.12. The first-order valence-electron chi connectivity index (χ1n) is 5.18. The highest BCUT2D eigenvalue weighted by Gasteiger charge is 2.20. The summed E-state index contributed by atoms with van der Waals surface area (Å²) in [7, 11) is 0. The fourth-order valence-corrected chi connectivity index (χ4v) is 2.42. The predicted molar refractivity (Wildman–Crippen MR) is 59.7 cm³/mol. The number of hydrogen-bond acceptors (Lipinski definition) is 4. The Bertz CT molecular complexity index is 350. The van der Waals surface area contributed by atoms with Crippen LogP contribution in [0.15, 0.2) is 6.20 Å². The second-order valence-corrected chi connectivity index (χ2v) is 5.03. The molecule has 82 valence electrons. The number of aromatic nitrogens is 1. The van der Waals surface area contributed by atoms with E-state index in [2.05, 4.69) is 15.6 Å². The van der Waals surface area contributed by atoms with Crippen molar-refractivity contribution in [1.82, 2.24) is 15.6 Å². The Morgan fingerprint density at radius 3 is 3.27 bits per heavy atom. The maximum atomic E-state index is 11.4. The Hall–Kier alpha value is -0.940. The molecule has 5 heteroatoms. The van der Waals surface area contributed by atoms with Crippen molar-refractivity contribution in [1.29, 1.82) is 0 Å². The van der Waals surface area contributed by atoms with E-state index in [4.69, 9.17) is 0 Å². The number of piperidine rings is 1. The minimum Gasteiger partial charge on any atom is -0.355 e. The number of hydrogen-bond donors (Lipinski definition) is 2. The molecule has 0 saturated carbocycles. The van der Waals surface area contributed by atoms with Crippen molar-refractivity contribution in [2.75, 3.05) is 6.54 Å². The van der Waals surface area contributed by atoms with Crippen LogP contribution in [-0.2, 0) is 11.3 Å². The zero-order valence-electron chi connectivity index (χ0n) is 8.75. The normalized spacial score (nSPS) is 21.4. The zero-order chi connectivity index (χ0) is 10.7. The summed E-state index contributed by atoms with van der Waals surface area (Å²) in [4.78, 5) is 16.8. The van der Waals surface area contributed by atoms with Crippen LogP contribution in [-0.4, -0.2) is 23.5 Å². The van der Waals surface area contributed by atoms with Crippen LogP contribution in [0.2, 0.25) is 0 Å². The van der Waals surface area contributed by atoms with Crippen LogP contribution >= 0.6 is 11.3 Å². The van der Waals surface area contributed by atoms with E-state index in [1.807, 2.05) is 13.1 Å². The molecule has 1 aromatic rings. The standard InChI is InChI=1S/C10H15N3OS/c1-7-12-5-8(15-7)6-13-9-3-2-4-11-10(9)14/h5,9,13H,2-4,6H2,1H3,(H,11,14). The van der Waals surface area contributed by atoms with E-state index in [9.17, 15) is 4.79 Å². The van der Waals surface area contributed by atoms with Gasteiger partial charge in [-0.2, -0.15) is 0 Å². The first kappa shape index (κ1) is 10.6. The van der Waals surface area contributed by atoms with Crippen LogP contribution in [0.5, 0.6) is 0 Å². The van der Waals surface area contributed by atoms with Gasteiger partial charge in [0.1, 0.15) is 0 Å². The lowest BCUT2D eigenvalue weighted by Crippen LogP contribution is -2.47. The average molecular weight is 225 g/mol. The van der Waals surface area contributed by atoms with E-state index >= 15 is 0 Å². The molecule has 2 rings (SSSR count). The number of carbonyl (C=O) groups excluding carboxylic acids is 1. The Morgan fingerprint density at radius 1 is 1.73 bits per heavy atom. The molecular weight excluding hydrogens is 210 g/mol. The van der Waals surface area contributed by atoms with E-state index in [-0.39, 0.29) is 11.9 Å². The molecule has 1 amide bonds. The van der Waals surface area contributed by atoms with Gasteiger partial charge in [0.15, 0.2) is 0 Å². The fraction of sp³-hybridized carbons (Fsp3) is 0.600. The molecule has 2 heterocycles. The Morgan fingerprint density at radius 2 is 2.60 bits per heavy atom. The van der Waals surface area contributed by atoms with Gasteiger partial charge in [0.25, 0.3) is 0 Å². The van der Waals surface area contributed by atoms with E-state index in [0.717, 1.165) is 30.9 Å². The number of carbonyl (C=O) groups is 1. The summed E-state index contributed by atoms with van der Waals surface area (Å²) >= 11 is 1.67. The molecule has 0 bridgehead atoms. The summed E-state index contributed by atoms with van der Waals surface area (Å²) in [5.41, 5.74) is 0. The second kappa shape index (κ2) is 4.72. The number of aryl methyl sites for hydroxylation is 1. The van der Waals surface area contributed by atoms with Gasteiger partial charge in [-0.25, -0.2) is 4.98 Å². The Kier molecular flexibility index (Phi) is 3.33. The molecule has 1 aliphatic rings. The smallest absolute Gasteiger partial charge is 0.237 e. The van der Waals surface area contributed by atoms with E-state index < -0.39 is 0 Å². The number of nitrogens with zero attached hydrogens (tertiary/aromatic N) is 1. The number of thiazole rings is 1. The van der Waals surface area contributed by atoms with Gasteiger partial charge < -0.3 is 10.6 Å². The van der Waals surface area contributed by atoms with Gasteiger partial charge in [-0.15, -0.1) is 11.3 Å². The molecule has 1 saturated heterocycles. The molecule has 1 unspecified atom stereocenters. The van der Waals surface area contributed by atoms with Crippen LogP contribution in [0.1, 0.15) is 22.7 Å². The SMILES string of the molecule is Cc1ncc(CNC2CCCNC2=O)s1. The molecule has 15 heavy (non-hydrogen) atoms. The van der Waals surface area contributed by atoms with Crippen molar-refractivity contribution in [2.24, 2.45) is 0 Å². The summed E-state index contributed by atoms with van der Waals surface area (Å²) in [5.74, 6) is 0.127. The summed E-state index contributed by atoms with van der Waals surface area (Å²) in [5, 5.41) is 7.19. The van der Waals surface area contributed by atoms with Gasteiger partial charge >= 0.3 is 0 Å². The van der Waals surface area contributed by atoms with Crippen LogP contribution in [0.25, 0.3) is 0 Å². The van der Waals surface area contributed by atoms with Crippen molar-refractivity contribution < 1.29 is 4.79 Å². The summed E-state index contributed by atoms with van der Waals surface area (Å²) in [6.45, 7) is 3.54. The van der Waals surface area contributed by atoms with Crippen LogP contribution in [0.4, 0.5) is 0 Å². The molecule has 0 spiro atoms. The van der Waals surface area contributed by atoms with Crippen molar-refractivity contribution in [3.63, 3.8) is 0 Å². The third-order valence-corrected chi connectivity index (χ3v) is 3.39. The first-order valence-corrected chi connectivity index (χ1v) is 6.00. The fourth-order valence-electron chi connectivity index (χ4n) is 1.68. The van der Waals surface area contributed by atoms with Gasteiger partial charge in [0, 0.05) is 24.2 Å². The van der Waals surface area contributed by atoms with Crippen molar-refractivity contribution in [2.45, 2.75) is 32.4 Å². The van der Waals surface area contributed by atoms with E-state index in [0.29, 0.717) is 0 Å². The Labute approximate surface area is 93.1 Å². The molecule has 0 radical (unpaired) electrons. The topological polar surface area (TPSA) is 54.0 Å². The first-order chi connectivity index (χ1) is 7.25. The quantitative estimate of drug-likeness (QED) is 0.801. The summed E-state index contributed by atoms with van der Waals surface area (Å²) < 4.78 is 0. The van der Waals surface area contributed by atoms with Gasteiger partial charge in [0.2, 0.25) is 5.91 Å². The van der Waals surface area contributed by atoms with Gasteiger partial charge in [-0.05, 0) is 19.8 Å². The third-order valence-electron chi connectivity index (χ3n) is 2.48. The van der Waals surface area contributed by atoms with Crippen LogP contribution < -0.4 is 10.6 Å². The van der Waals surface area contributed by atoms with Gasteiger partial charge in [-0.3, -0.25) is 4.79 Å². The lowest BCUT2D eigenvalue weighted by Gasteiger charge is -2.22. The van der Waals surface area contributed by atoms with Crippen molar-refractivity contribution in [3.8, 4) is 0 Å². The zero-order valence-corrected chi connectivity index (χ0v) is 9.56. The maximum Gasteiger partial charge on any atom is 0.237 e. The third kappa shape index (κ3) is 2.76. The largest absolute Gasteiger partial charge is 0.355 e. The molecule has 1 aromatic heterocycles. The number of amides is 1. The molecule has 0 aromatic carbocycles. The molecule has 1 fully saturated rings. The summed E-state index contributed by atoms with van der Waals surface area (Å²) in [6.07, 6.45) is 3.86. The second-order valence-electron chi connectivity index (χ2n) is 3.71. The van der Waals surface area contributed by atoms with Crippen molar-refractivity contribution >= 4 is 17.2 Å². The van der Waals surface area contributed by atoms with Gasteiger partial charge in [-0.1, -0.05) is 0 Å². The maximum absolute atomic E-state index is 11.4. The van der Waals surface area contributed by atoms with E-state index in [1.54, 1.807) is 11.3 Å². The monoisotopic (exact) mass is 225 g/mol. The van der Waals surface area contributed by atoms with E-state index in [1.165, 1.54) is 4.88 Å². The number of rotatable bonds is 3. The van der Waals surface area contributed by atoms with Gasteiger partial charge in [0.05, 0.1) is 11.0 Å². The average Bonchev–Trinajstić information content (AvgIpc) is 2.63.